The van der Waals surface area contributed by atoms with E-state index in [0.29, 0.717) is 5.02 Å². The zero-order valence-electron chi connectivity index (χ0n) is 15.4. The van der Waals surface area contributed by atoms with Crippen LogP contribution in [0.3, 0.4) is 0 Å². The topological polar surface area (TPSA) is 59.8 Å². The number of carbonyl (C=O) groups excluding carboxylic acids is 1. The van der Waals surface area contributed by atoms with Gasteiger partial charge < -0.3 is 9.88 Å². The molecule has 0 atom stereocenters. The van der Waals surface area contributed by atoms with Gasteiger partial charge >= 0.3 is 0 Å². The summed E-state index contributed by atoms with van der Waals surface area (Å²) in [5.41, 5.74) is 2.67. The third-order valence-electron chi connectivity index (χ3n) is 4.82. The smallest absolute Gasteiger partial charge is 0.248 e. The highest BCUT2D eigenvalue weighted by Gasteiger charge is 2.15. The van der Waals surface area contributed by atoms with Crippen molar-refractivity contribution in [1.29, 1.82) is 0 Å². The van der Waals surface area contributed by atoms with E-state index in [4.69, 9.17) is 11.6 Å². The molecule has 1 N–H and O–H groups in total. The van der Waals surface area contributed by atoms with Gasteiger partial charge in [-0.05, 0) is 60.9 Å². The van der Waals surface area contributed by atoms with Crippen molar-refractivity contribution >= 4 is 29.3 Å². The van der Waals surface area contributed by atoms with Crippen LogP contribution in [0, 0.1) is 0 Å². The summed E-state index contributed by atoms with van der Waals surface area (Å²) in [5.74, 6) is 1.79. The Kier molecular flexibility index (Phi) is 5.53. The molecular weight excluding hydrogens is 372 g/mol. The number of carbonyl (C=O) groups is 1. The number of anilines is 1. The zero-order valence-corrected chi connectivity index (χ0v) is 16.2. The monoisotopic (exact) mass is 392 g/mol. The number of rotatable bonds is 4. The van der Waals surface area contributed by atoms with Crippen LogP contribution in [0.1, 0.15) is 30.7 Å². The molecule has 142 valence electrons. The first-order valence-electron chi connectivity index (χ1n) is 9.46. The second-order valence-electron chi connectivity index (χ2n) is 6.85. The predicted molar refractivity (Wildman–Crippen MR) is 112 cm³/mol. The molecular formula is C22H21ClN4O. The van der Waals surface area contributed by atoms with Crippen molar-refractivity contribution < 1.29 is 4.79 Å². The summed E-state index contributed by atoms with van der Waals surface area (Å²) in [7, 11) is 0. The summed E-state index contributed by atoms with van der Waals surface area (Å²) in [4.78, 5) is 12.1. The normalized spacial score (nSPS) is 13.9. The number of hydrogen-bond acceptors (Lipinski definition) is 3. The third-order valence-corrected chi connectivity index (χ3v) is 5.07. The van der Waals surface area contributed by atoms with Crippen LogP contribution in [0.2, 0.25) is 5.02 Å². The summed E-state index contributed by atoms with van der Waals surface area (Å²) in [6, 6.07) is 15.0. The van der Waals surface area contributed by atoms with Gasteiger partial charge in [0.25, 0.3) is 0 Å². The van der Waals surface area contributed by atoms with Gasteiger partial charge in [-0.15, -0.1) is 10.2 Å². The number of nitrogens with one attached hydrogen (secondary N) is 1. The Bertz CT molecular complexity index is 990. The number of aryl methyl sites for hydroxylation is 1. The van der Waals surface area contributed by atoms with E-state index in [1.807, 2.05) is 36.4 Å². The van der Waals surface area contributed by atoms with E-state index >= 15 is 0 Å². The lowest BCUT2D eigenvalue weighted by Gasteiger charge is -2.08. The van der Waals surface area contributed by atoms with Gasteiger partial charge in [0.15, 0.2) is 5.82 Å². The largest absolute Gasteiger partial charge is 0.323 e. The standard InChI is InChI=1S/C22H21ClN4O/c23-18-10-5-16(6-11-18)7-14-21(28)24-19-12-8-17(9-13-19)22-26-25-20-4-2-1-3-15-27(20)22/h5-14H,1-4,15H2,(H,24,28). The van der Waals surface area contributed by atoms with Crippen LogP contribution in [-0.2, 0) is 17.8 Å². The van der Waals surface area contributed by atoms with Crippen LogP contribution in [0.25, 0.3) is 17.5 Å². The minimum atomic E-state index is -0.181. The van der Waals surface area contributed by atoms with Gasteiger partial charge in [0.2, 0.25) is 5.91 Å². The van der Waals surface area contributed by atoms with Gasteiger partial charge in [0.05, 0.1) is 0 Å². The molecule has 1 amide bonds. The number of nitrogens with zero attached hydrogens (tertiary/aromatic N) is 3. The number of halogens is 1. The Hall–Kier alpha value is -2.92. The molecule has 0 spiro atoms. The van der Waals surface area contributed by atoms with Crippen LogP contribution in [-0.4, -0.2) is 20.7 Å². The maximum absolute atomic E-state index is 12.1. The summed E-state index contributed by atoms with van der Waals surface area (Å²) >= 11 is 5.87. The second-order valence-corrected chi connectivity index (χ2v) is 7.29. The summed E-state index contributed by atoms with van der Waals surface area (Å²) in [5, 5.41) is 12.3. The molecule has 0 saturated heterocycles. The van der Waals surface area contributed by atoms with Crippen molar-refractivity contribution in [3.05, 3.63) is 71.0 Å². The Morgan fingerprint density at radius 1 is 1.00 bits per heavy atom. The lowest BCUT2D eigenvalue weighted by atomic mass is 10.2. The summed E-state index contributed by atoms with van der Waals surface area (Å²) in [6.45, 7) is 0.964. The number of hydrogen-bond donors (Lipinski definition) is 1. The molecule has 4 rings (SSSR count). The summed E-state index contributed by atoms with van der Waals surface area (Å²) in [6.07, 6.45) is 7.82. The Balaban J connectivity index is 1.43. The third kappa shape index (κ3) is 4.31. The van der Waals surface area contributed by atoms with E-state index in [9.17, 15) is 4.79 Å². The second kappa shape index (κ2) is 8.40. The van der Waals surface area contributed by atoms with Gasteiger partial charge in [0.1, 0.15) is 5.82 Å². The number of fused-ring (bicyclic) bond motifs is 1. The molecule has 0 unspecified atom stereocenters. The Labute approximate surface area is 169 Å². The van der Waals surface area contributed by atoms with Crippen molar-refractivity contribution in [1.82, 2.24) is 14.8 Å². The molecule has 0 fully saturated rings. The molecule has 1 aromatic heterocycles. The van der Waals surface area contributed by atoms with Crippen molar-refractivity contribution in [3.8, 4) is 11.4 Å². The van der Waals surface area contributed by atoms with Crippen molar-refractivity contribution in [2.45, 2.75) is 32.2 Å². The Morgan fingerprint density at radius 3 is 2.57 bits per heavy atom. The van der Waals surface area contributed by atoms with Crippen LogP contribution in [0.15, 0.2) is 54.6 Å². The molecule has 1 aliphatic heterocycles. The highest BCUT2D eigenvalue weighted by Crippen LogP contribution is 2.24. The molecule has 0 saturated carbocycles. The van der Waals surface area contributed by atoms with Crippen molar-refractivity contribution in [2.75, 3.05) is 5.32 Å². The predicted octanol–water partition coefficient (Wildman–Crippen LogP) is 4.98. The molecule has 28 heavy (non-hydrogen) atoms. The number of aromatic nitrogens is 3. The van der Waals surface area contributed by atoms with Gasteiger partial charge in [-0.1, -0.05) is 30.2 Å². The van der Waals surface area contributed by atoms with E-state index in [-0.39, 0.29) is 5.91 Å². The first-order valence-corrected chi connectivity index (χ1v) is 9.84. The molecule has 3 aromatic rings. The minimum absolute atomic E-state index is 0.181. The van der Waals surface area contributed by atoms with Gasteiger partial charge in [-0.2, -0.15) is 0 Å². The number of benzene rings is 2. The fourth-order valence-corrected chi connectivity index (χ4v) is 3.46. The van der Waals surface area contributed by atoms with Crippen LogP contribution in [0.5, 0.6) is 0 Å². The van der Waals surface area contributed by atoms with Crippen LogP contribution < -0.4 is 5.32 Å². The maximum Gasteiger partial charge on any atom is 0.248 e. The first-order chi connectivity index (χ1) is 13.7. The fourth-order valence-electron chi connectivity index (χ4n) is 3.33. The van der Waals surface area contributed by atoms with E-state index in [0.717, 1.165) is 47.8 Å². The zero-order chi connectivity index (χ0) is 19.3. The number of amides is 1. The average molecular weight is 393 g/mol. The van der Waals surface area contributed by atoms with Crippen molar-refractivity contribution in [3.63, 3.8) is 0 Å². The molecule has 0 bridgehead atoms. The molecule has 6 heteroatoms. The van der Waals surface area contributed by atoms with Crippen LogP contribution >= 0.6 is 11.6 Å². The molecule has 2 heterocycles. The summed E-state index contributed by atoms with van der Waals surface area (Å²) < 4.78 is 2.22. The lowest BCUT2D eigenvalue weighted by Crippen LogP contribution is -2.07. The van der Waals surface area contributed by atoms with Crippen molar-refractivity contribution in [2.24, 2.45) is 0 Å². The fraction of sp³-hybridized carbons (Fsp3) is 0.227. The van der Waals surface area contributed by atoms with E-state index in [2.05, 4.69) is 20.1 Å². The van der Waals surface area contributed by atoms with Gasteiger partial charge in [0, 0.05) is 35.3 Å². The van der Waals surface area contributed by atoms with Crippen LogP contribution in [0.4, 0.5) is 5.69 Å². The average Bonchev–Trinajstić information content (AvgIpc) is 2.96. The Morgan fingerprint density at radius 2 is 1.79 bits per heavy atom. The molecule has 5 nitrogen and oxygen atoms in total. The lowest BCUT2D eigenvalue weighted by molar-refractivity contribution is -0.111. The molecule has 2 aromatic carbocycles. The molecule has 1 aliphatic rings. The SMILES string of the molecule is O=C(C=Cc1ccc(Cl)cc1)Nc1ccc(-c2nnc3n2CCCCC3)cc1. The van der Waals surface area contributed by atoms with Gasteiger partial charge in [-0.3, -0.25) is 4.79 Å². The highest BCUT2D eigenvalue weighted by atomic mass is 35.5. The van der Waals surface area contributed by atoms with Gasteiger partial charge in [-0.25, -0.2) is 0 Å². The highest BCUT2D eigenvalue weighted by molar-refractivity contribution is 6.30. The molecule has 0 radical (unpaired) electrons. The van der Waals surface area contributed by atoms with E-state index < -0.39 is 0 Å². The molecule has 0 aliphatic carbocycles. The minimum Gasteiger partial charge on any atom is -0.323 e. The quantitative estimate of drug-likeness (QED) is 0.637. The maximum atomic E-state index is 12.1. The van der Waals surface area contributed by atoms with E-state index in [1.54, 1.807) is 18.2 Å². The van der Waals surface area contributed by atoms with E-state index in [1.165, 1.54) is 18.9 Å². The first kappa shape index (κ1) is 18.4.